The van der Waals surface area contributed by atoms with Gasteiger partial charge in [0.15, 0.2) is 11.5 Å². The van der Waals surface area contributed by atoms with E-state index in [1.807, 2.05) is 0 Å². The van der Waals surface area contributed by atoms with Gasteiger partial charge in [0.05, 0.1) is 5.92 Å². The van der Waals surface area contributed by atoms with Crippen molar-refractivity contribution in [2.24, 2.45) is 5.92 Å². The number of ether oxygens (including phenoxy) is 3. The fraction of sp³-hybridized carbons (Fsp3) is 0.333. The molecule has 0 radical (unpaired) electrons. The highest BCUT2D eigenvalue weighted by molar-refractivity contribution is 6.00. The maximum absolute atomic E-state index is 12.5. The van der Waals surface area contributed by atoms with Crippen molar-refractivity contribution >= 4 is 17.5 Å². The Hall–Kier alpha value is -3.36. The predicted molar refractivity (Wildman–Crippen MR) is 103 cm³/mol. The number of carbonyl (C=O) groups is 2. The van der Waals surface area contributed by atoms with Crippen LogP contribution in [0.3, 0.4) is 0 Å². The van der Waals surface area contributed by atoms with E-state index in [0.29, 0.717) is 30.4 Å². The molecule has 0 spiro atoms. The number of nitrogens with one attached hydrogen (secondary N) is 1. The summed E-state index contributed by atoms with van der Waals surface area (Å²) in [4.78, 5) is 26.6. The number of amides is 2. The van der Waals surface area contributed by atoms with Gasteiger partial charge in [0.25, 0.3) is 0 Å². The molecule has 2 amide bonds. The zero-order chi connectivity index (χ0) is 21.1. The lowest BCUT2D eigenvalue weighted by atomic mass is 10.1. The molecule has 158 valence electrons. The van der Waals surface area contributed by atoms with Crippen molar-refractivity contribution in [3.05, 3.63) is 48.0 Å². The Morgan fingerprint density at radius 1 is 1.13 bits per heavy atom. The van der Waals surface area contributed by atoms with Crippen LogP contribution in [0.25, 0.3) is 0 Å². The Morgan fingerprint density at radius 2 is 1.87 bits per heavy atom. The van der Waals surface area contributed by atoms with Crippen molar-refractivity contribution < 1.29 is 32.6 Å². The number of benzene rings is 2. The van der Waals surface area contributed by atoms with E-state index in [2.05, 4.69) is 10.1 Å². The molecule has 2 heterocycles. The zero-order valence-electron chi connectivity index (χ0n) is 16.0. The van der Waals surface area contributed by atoms with E-state index in [9.17, 15) is 18.4 Å². The number of fused-ring (bicyclic) bond motifs is 1. The third kappa shape index (κ3) is 4.45. The molecule has 1 N–H and O–H groups in total. The monoisotopic (exact) mass is 418 g/mol. The lowest BCUT2D eigenvalue weighted by Gasteiger charge is -2.22. The molecule has 2 aliphatic rings. The molecular formula is C21H20F2N2O5. The number of rotatable bonds is 6. The van der Waals surface area contributed by atoms with Crippen LogP contribution in [0.5, 0.6) is 17.2 Å². The number of hydrogen-bond acceptors (Lipinski definition) is 5. The fourth-order valence-electron chi connectivity index (χ4n) is 3.45. The van der Waals surface area contributed by atoms with Gasteiger partial charge in [0.1, 0.15) is 19.0 Å². The van der Waals surface area contributed by atoms with Gasteiger partial charge in [0, 0.05) is 31.3 Å². The van der Waals surface area contributed by atoms with Crippen molar-refractivity contribution in [1.82, 2.24) is 5.32 Å². The van der Waals surface area contributed by atoms with Crippen molar-refractivity contribution in [3.63, 3.8) is 0 Å². The summed E-state index contributed by atoms with van der Waals surface area (Å²) in [5, 5.41) is 2.79. The van der Waals surface area contributed by atoms with Crippen LogP contribution < -0.4 is 24.4 Å². The molecule has 30 heavy (non-hydrogen) atoms. The molecule has 1 atom stereocenters. The maximum atomic E-state index is 12.5. The van der Waals surface area contributed by atoms with E-state index in [4.69, 9.17) is 9.47 Å². The van der Waals surface area contributed by atoms with E-state index in [1.165, 1.54) is 12.1 Å². The van der Waals surface area contributed by atoms with Gasteiger partial charge in [-0.25, -0.2) is 0 Å². The Morgan fingerprint density at radius 3 is 2.60 bits per heavy atom. The normalized spacial score (nSPS) is 17.9. The number of hydrogen-bond donors (Lipinski definition) is 1. The molecule has 2 aromatic rings. The predicted octanol–water partition coefficient (Wildman–Crippen LogP) is 2.73. The minimum atomic E-state index is -2.88. The number of nitrogens with zero attached hydrogens (tertiary/aromatic N) is 1. The first-order valence-electron chi connectivity index (χ1n) is 9.51. The summed E-state index contributed by atoms with van der Waals surface area (Å²) in [7, 11) is 0. The molecule has 2 aliphatic heterocycles. The molecule has 0 aliphatic carbocycles. The third-order valence-corrected chi connectivity index (χ3v) is 4.95. The van der Waals surface area contributed by atoms with Gasteiger partial charge in [-0.3, -0.25) is 9.59 Å². The molecule has 0 bridgehead atoms. The second kappa shape index (κ2) is 8.56. The summed E-state index contributed by atoms with van der Waals surface area (Å²) in [6, 6.07) is 11.3. The highest BCUT2D eigenvalue weighted by Gasteiger charge is 2.35. The number of halogens is 2. The Balaban J connectivity index is 1.34. The van der Waals surface area contributed by atoms with E-state index < -0.39 is 12.5 Å². The third-order valence-electron chi connectivity index (χ3n) is 4.95. The van der Waals surface area contributed by atoms with Gasteiger partial charge in [0.2, 0.25) is 11.8 Å². The van der Waals surface area contributed by atoms with Crippen LogP contribution in [0, 0.1) is 5.92 Å². The molecule has 0 aromatic heterocycles. The summed E-state index contributed by atoms with van der Waals surface area (Å²) in [6.45, 7) is -1.45. The second-order valence-corrected chi connectivity index (χ2v) is 6.97. The molecule has 1 saturated heterocycles. The SMILES string of the molecule is O=C(NCc1ccc(OC(F)F)cc1)C1CC(=O)N(c2ccc3c(c2)OCCO3)C1. The molecule has 0 saturated carbocycles. The Labute approximate surface area is 171 Å². The number of alkyl halides is 2. The van der Waals surface area contributed by atoms with Gasteiger partial charge in [-0.1, -0.05) is 12.1 Å². The fourth-order valence-corrected chi connectivity index (χ4v) is 3.45. The molecule has 7 nitrogen and oxygen atoms in total. The smallest absolute Gasteiger partial charge is 0.387 e. The van der Waals surface area contributed by atoms with Gasteiger partial charge in [-0.15, -0.1) is 0 Å². The Bertz CT molecular complexity index is 935. The van der Waals surface area contributed by atoms with Gasteiger partial charge in [-0.05, 0) is 29.8 Å². The first-order valence-corrected chi connectivity index (χ1v) is 9.51. The average Bonchev–Trinajstić information content (AvgIpc) is 3.14. The van der Waals surface area contributed by atoms with Crippen molar-refractivity contribution in [2.45, 2.75) is 19.6 Å². The number of anilines is 1. The van der Waals surface area contributed by atoms with Crippen molar-refractivity contribution in [1.29, 1.82) is 0 Å². The van der Waals surface area contributed by atoms with E-state index in [-0.39, 0.29) is 37.1 Å². The zero-order valence-corrected chi connectivity index (χ0v) is 16.0. The molecular weight excluding hydrogens is 398 g/mol. The Kier molecular flexibility index (Phi) is 5.69. The van der Waals surface area contributed by atoms with Crippen LogP contribution in [0.4, 0.5) is 14.5 Å². The minimum Gasteiger partial charge on any atom is -0.486 e. The van der Waals surface area contributed by atoms with E-state index >= 15 is 0 Å². The first-order chi connectivity index (χ1) is 14.5. The van der Waals surface area contributed by atoms with Gasteiger partial charge in [-0.2, -0.15) is 8.78 Å². The van der Waals surface area contributed by atoms with Crippen LogP contribution in [-0.2, 0) is 16.1 Å². The summed E-state index contributed by atoms with van der Waals surface area (Å²) >= 11 is 0. The van der Waals surface area contributed by atoms with E-state index in [1.54, 1.807) is 35.2 Å². The highest BCUT2D eigenvalue weighted by atomic mass is 19.3. The molecule has 1 fully saturated rings. The van der Waals surface area contributed by atoms with Crippen LogP contribution in [0.15, 0.2) is 42.5 Å². The van der Waals surface area contributed by atoms with Crippen LogP contribution in [0.2, 0.25) is 0 Å². The molecule has 4 rings (SSSR count). The lowest BCUT2D eigenvalue weighted by Crippen LogP contribution is -2.32. The largest absolute Gasteiger partial charge is 0.486 e. The second-order valence-electron chi connectivity index (χ2n) is 6.97. The number of carbonyl (C=O) groups excluding carboxylic acids is 2. The van der Waals surface area contributed by atoms with Gasteiger partial charge >= 0.3 is 6.61 Å². The summed E-state index contributed by atoms with van der Waals surface area (Å²) < 4.78 is 39.7. The first kappa shape index (κ1) is 19.9. The summed E-state index contributed by atoms with van der Waals surface area (Å²) in [5.74, 6) is 0.412. The van der Waals surface area contributed by atoms with Crippen LogP contribution >= 0.6 is 0 Å². The summed E-state index contributed by atoms with van der Waals surface area (Å²) in [6.07, 6.45) is 0.113. The molecule has 1 unspecified atom stereocenters. The van der Waals surface area contributed by atoms with Gasteiger partial charge < -0.3 is 24.4 Å². The highest BCUT2D eigenvalue weighted by Crippen LogP contribution is 2.36. The molecule has 2 aromatic carbocycles. The standard InChI is InChI=1S/C21H20F2N2O5/c22-21(23)30-16-4-1-13(2-5-16)11-24-20(27)14-9-19(26)25(12-14)15-3-6-17-18(10-15)29-8-7-28-17/h1-6,10,14,21H,7-9,11-12H2,(H,24,27). The lowest BCUT2D eigenvalue weighted by molar-refractivity contribution is -0.126. The van der Waals surface area contributed by atoms with E-state index in [0.717, 1.165) is 5.56 Å². The average molecular weight is 418 g/mol. The van der Waals surface area contributed by atoms with Crippen molar-refractivity contribution in [2.75, 3.05) is 24.7 Å². The summed E-state index contributed by atoms with van der Waals surface area (Å²) in [5.41, 5.74) is 1.40. The van der Waals surface area contributed by atoms with Crippen LogP contribution in [0.1, 0.15) is 12.0 Å². The maximum Gasteiger partial charge on any atom is 0.387 e. The van der Waals surface area contributed by atoms with Crippen LogP contribution in [-0.4, -0.2) is 38.2 Å². The quantitative estimate of drug-likeness (QED) is 0.781. The molecule has 9 heteroatoms. The minimum absolute atomic E-state index is 0.0523. The topological polar surface area (TPSA) is 77.1 Å². The van der Waals surface area contributed by atoms with Crippen molar-refractivity contribution in [3.8, 4) is 17.2 Å².